The van der Waals surface area contributed by atoms with Gasteiger partial charge in [0.2, 0.25) is 5.91 Å². The number of amides is 1. The largest absolute Gasteiger partial charge is 0.481 e. The van der Waals surface area contributed by atoms with Crippen LogP contribution < -0.4 is 5.32 Å². The van der Waals surface area contributed by atoms with Crippen molar-refractivity contribution in [3.63, 3.8) is 0 Å². The molecule has 1 rings (SSSR count). The summed E-state index contributed by atoms with van der Waals surface area (Å²) in [4.78, 5) is 25.3. The van der Waals surface area contributed by atoms with E-state index in [4.69, 9.17) is 5.11 Å². The minimum Gasteiger partial charge on any atom is -0.481 e. The number of piperidine rings is 1. The van der Waals surface area contributed by atoms with Crippen LogP contribution in [-0.2, 0) is 9.59 Å². The van der Waals surface area contributed by atoms with Gasteiger partial charge in [-0.2, -0.15) is 0 Å². The Morgan fingerprint density at radius 2 is 1.79 bits per heavy atom. The molecule has 0 spiro atoms. The summed E-state index contributed by atoms with van der Waals surface area (Å²) in [6.45, 7) is 9.83. The first kappa shape index (κ1) is 16.0. The lowest BCUT2D eigenvalue weighted by Gasteiger charge is -2.43. The number of carboxylic acid groups (broad SMARTS) is 1. The molecule has 0 aromatic rings. The van der Waals surface area contributed by atoms with Crippen LogP contribution in [0, 0.1) is 5.41 Å². The van der Waals surface area contributed by atoms with Gasteiger partial charge in [-0.1, -0.05) is 6.92 Å². The summed E-state index contributed by atoms with van der Waals surface area (Å²) >= 11 is 0. The Morgan fingerprint density at radius 1 is 1.26 bits per heavy atom. The van der Waals surface area contributed by atoms with E-state index in [1.165, 1.54) is 0 Å². The molecule has 2 N–H and O–H groups in total. The summed E-state index contributed by atoms with van der Waals surface area (Å²) in [6, 6.07) is 0. The quantitative estimate of drug-likeness (QED) is 0.812. The number of hydrogen-bond donors (Lipinski definition) is 2. The minimum atomic E-state index is -0.863. The van der Waals surface area contributed by atoms with Crippen LogP contribution in [0.1, 0.15) is 47.0 Å². The zero-order chi connectivity index (χ0) is 14.7. The second-order valence-electron chi connectivity index (χ2n) is 6.58. The zero-order valence-corrected chi connectivity index (χ0v) is 12.5. The van der Waals surface area contributed by atoms with Crippen molar-refractivity contribution in [3.8, 4) is 0 Å². The lowest BCUT2D eigenvalue weighted by Crippen LogP contribution is -2.54. The second-order valence-corrected chi connectivity index (χ2v) is 6.58. The Kier molecular flexibility index (Phi) is 4.96. The second kappa shape index (κ2) is 5.90. The fourth-order valence-corrected chi connectivity index (χ4v) is 2.47. The van der Waals surface area contributed by atoms with Gasteiger partial charge in [0, 0.05) is 17.5 Å². The molecule has 1 aliphatic heterocycles. The summed E-state index contributed by atoms with van der Waals surface area (Å²) < 4.78 is 0. The summed E-state index contributed by atoms with van der Waals surface area (Å²) in [5.74, 6) is -0.778. The normalized spacial score (nSPS) is 18.9. The van der Waals surface area contributed by atoms with Crippen molar-refractivity contribution in [2.45, 2.75) is 52.5 Å². The molecule has 1 amide bonds. The van der Waals surface area contributed by atoms with Crippen molar-refractivity contribution >= 4 is 11.9 Å². The van der Waals surface area contributed by atoms with Crippen LogP contribution in [0.4, 0.5) is 0 Å². The monoisotopic (exact) mass is 270 g/mol. The van der Waals surface area contributed by atoms with Gasteiger partial charge in [-0.15, -0.1) is 0 Å². The van der Waals surface area contributed by atoms with Crippen LogP contribution in [-0.4, -0.2) is 47.1 Å². The number of nitrogens with zero attached hydrogens (tertiary/aromatic N) is 1. The summed E-state index contributed by atoms with van der Waals surface area (Å²) in [7, 11) is 0. The van der Waals surface area contributed by atoms with E-state index in [0.717, 1.165) is 25.9 Å². The number of carboxylic acids is 1. The molecule has 5 heteroatoms. The molecule has 19 heavy (non-hydrogen) atoms. The SMILES string of the molecule is CC1(C(=O)N(CCC(=O)O)C(C)(C)C)CCNCC1. The van der Waals surface area contributed by atoms with E-state index < -0.39 is 5.97 Å². The van der Waals surface area contributed by atoms with E-state index in [-0.39, 0.29) is 29.8 Å². The van der Waals surface area contributed by atoms with Gasteiger partial charge in [0.1, 0.15) is 0 Å². The number of nitrogens with one attached hydrogen (secondary N) is 1. The average molecular weight is 270 g/mol. The predicted octanol–water partition coefficient (Wildman–Crippen LogP) is 1.48. The molecule has 0 aliphatic carbocycles. The Labute approximate surface area is 115 Å². The first-order valence-electron chi connectivity index (χ1n) is 6.91. The molecule has 0 radical (unpaired) electrons. The number of rotatable bonds is 4. The maximum atomic E-state index is 12.8. The molecular formula is C14H26N2O3. The topological polar surface area (TPSA) is 69.6 Å². The molecule has 110 valence electrons. The molecule has 0 atom stereocenters. The summed E-state index contributed by atoms with van der Waals surface area (Å²) in [6.07, 6.45) is 1.62. The van der Waals surface area contributed by atoms with E-state index in [0.29, 0.717) is 0 Å². The van der Waals surface area contributed by atoms with Crippen LogP contribution in [0.2, 0.25) is 0 Å². The Hall–Kier alpha value is -1.10. The third kappa shape index (κ3) is 4.20. The Balaban J connectivity index is 2.84. The molecule has 0 aromatic carbocycles. The lowest BCUT2D eigenvalue weighted by atomic mass is 9.78. The first-order chi connectivity index (χ1) is 8.67. The molecule has 5 nitrogen and oxygen atoms in total. The van der Waals surface area contributed by atoms with E-state index in [2.05, 4.69) is 5.32 Å². The van der Waals surface area contributed by atoms with Crippen molar-refractivity contribution in [1.82, 2.24) is 10.2 Å². The lowest BCUT2D eigenvalue weighted by molar-refractivity contribution is -0.149. The smallest absolute Gasteiger partial charge is 0.305 e. The van der Waals surface area contributed by atoms with Gasteiger partial charge in [0.15, 0.2) is 0 Å². The molecule has 0 aromatic heterocycles. The molecule has 1 fully saturated rings. The minimum absolute atomic E-state index is 0.00264. The van der Waals surface area contributed by atoms with Crippen LogP contribution in [0.5, 0.6) is 0 Å². The van der Waals surface area contributed by atoms with E-state index >= 15 is 0 Å². The fraction of sp³-hybridized carbons (Fsp3) is 0.857. The first-order valence-corrected chi connectivity index (χ1v) is 6.91. The van der Waals surface area contributed by atoms with Crippen molar-refractivity contribution in [2.24, 2.45) is 5.41 Å². The Bertz CT molecular complexity index is 341. The highest BCUT2D eigenvalue weighted by atomic mass is 16.4. The summed E-state index contributed by atoms with van der Waals surface area (Å²) in [5, 5.41) is 12.1. The predicted molar refractivity (Wildman–Crippen MR) is 73.9 cm³/mol. The van der Waals surface area contributed by atoms with Crippen molar-refractivity contribution in [3.05, 3.63) is 0 Å². The molecule has 1 saturated heterocycles. The fourth-order valence-electron chi connectivity index (χ4n) is 2.47. The molecule has 1 aliphatic rings. The molecule has 0 saturated carbocycles. The number of hydrogen-bond acceptors (Lipinski definition) is 3. The van der Waals surface area contributed by atoms with Gasteiger partial charge >= 0.3 is 5.97 Å². The average Bonchev–Trinajstić information content (AvgIpc) is 2.27. The van der Waals surface area contributed by atoms with Crippen molar-refractivity contribution in [2.75, 3.05) is 19.6 Å². The molecule has 0 bridgehead atoms. The van der Waals surface area contributed by atoms with Gasteiger partial charge in [0.25, 0.3) is 0 Å². The molecule has 1 heterocycles. The Morgan fingerprint density at radius 3 is 2.21 bits per heavy atom. The van der Waals surface area contributed by atoms with Gasteiger partial charge in [-0.3, -0.25) is 9.59 Å². The number of carbonyl (C=O) groups is 2. The van der Waals surface area contributed by atoms with Gasteiger partial charge in [-0.25, -0.2) is 0 Å². The highest BCUT2D eigenvalue weighted by Gasteiger charge is 2.40. The summed E-state index contributed by atoms with van der Waals surface area (Å²) in [5.41, 5.74) is -0.711. The van der Waals surface area contributed by atoms with Gasteiger partial charge < -0.3 is 15.3 Å². The van der Waals surface area contributed by atoms with Gasteiger partial charge in [0.05, 0.1) is 6.42 Å². The molecular weight excluding hydrogens is 244 g/mol. The maximum absolute atomic E-state index is 12.8. The van der Waals surface area contributed by atoms with E-state index in [1.807, 2.05) is 27.7 Å². The van der Waals surface area contributed by atoms with E-state index in [9.17, 15) is 9.59 Å². The van der Waals surface area contributed by atoms with Gasteiger partial charge in [-0.05, 0) is 46.7 Å². The standard InChI is InChI=1S/C14H26N2O3/c1-13(2,3)16(10-5-11(17)18)12(19)14(4)6-8-15-9-7-14/h15H,5-10H2,1-4H3,(H,17,18). The van der Waals surface area contributed by atoms with Crippen LogP contribution in [0.3, 0.4) is 0 Å². The van der Waals surface area contributed by atoms with Crippen molar-refractivity contribution in [1.29, 1.82) is 0 Å². The van der Waals surface area contributed by atoms with Crippen LogP contribution >= 0.6 is 0 Å². The maximum Gasteiger partial charge on any atom is 0.305 e. The number of carbonyl (C=O) groups excluding carboxylic acids is 1. The van der Waals surface area contributed by atoms with Crippen LogP contribution in [0.25, 0.3) is 0 Å². The third-order valence-electron chi connectivity index (χ3n) is 3.83. The molecule has 0 unspecified atom stereocenters. The van der Waals surface area contributed by atoms with Crippen LogP contribution in [0.15, 0.2) is 0 Å². The number of aliphatic carboxylic acids is 1. The highest BCUT2D eigenvalue weighted by Crippen LogP contribution is 2.33. The highest BCUT2D eigenvalue weighted by molar-refractivity contribution is 5.83. The van der Waals surface area contributed by atoms with Crippen molar-refractivity contribution < 1.29 is 14.7 Å². The third-order valence-corrected chi connectivity index (χ3v) is 3.83. The van der Waals surface area contributed by atoms with E-state index in [1.54, 1.807) is 4.90 Å². The zero-order valence-electron chi connectivity index (χ0n) is 12.5.